The van der Waals surface area contributed by atoms with Gasteiger partial charge in [-0.05, 0) is 19.1 Å². The summed E-state index contributed by atoms with van der Waals surface area (Å²) in [6.07, 6.45) is 1.14. The van der Waals surface area contributed by atoms with E-state index >= 15 is 0 Å². The lowest BCUT2D eigenvalue weighted by molar-refractivity contribution is 0.274. The molecule has 1 aromatic rings. The first-order valence-electron chi connectivity index (χ1n) is 5.73. The summed E-state index contributed by atoms with van der Waals surface area (Å²) in [6.45, 7) is 2.68. The molecular weight excluding hydrogens is 308 g/mol. The van der Waals surface area contributed by atoms with Crippen LogP contribution >= 0.6 is 11.3 Å². The van der Waals surface area contributed by atoms with Crippen LogP contribution in [0.5, 0.6) is 0 Å². The van der Waals surface area contributed by atoms with Crippen molar-refractivity contribution in [3.63, 3.8) is 0 Å². The minimum absolute atomic E-state index is 0.201. The monoisotopic (exact) mass is 324 g/mol. The third-order valence-corrected chi connectivity index (χ3v) is 7.65. The fraction of sp³-hybridized carbons (Fsp3) is 0.600. The van der Waals surface area contributed by atoms with Gasteiger partial charge < -0.3 is 0 Å². The van der Waals surface area contributed by atoms with Crippen molar-refractivity contribution in [3.05, 3.63) is 17.0 Å². The zero-order valence-corrected chi connectivity index (χ0v) is 13.2. The number of nitrogens with zero attached hydrogens (tertiary/aromatic N) is 2. The highest BCUT2D eigenvalue weighted by molar-refractivity contribution is 7.91. The van der Waals surface area contributed by atoms with Crippen LogP contribution < -0.4 is 0 Å². The molecule has 1 fully saturated rings. The Balaban J connectivity index is 2.14. The molecule has 0 amide bonds. The largest absolute Gasteiger partial charge is 0.252 e. The smallest absolute Gasteiger partial charge is 0.213 e. The molecule has 0 radical (unpaired) electrons. The summed E-state index contributed by atoms with van der Waals surface area (Å²) in [7, 11) is -6.72. The van der Waals surface area contributed by atoms with E-state index in [4.69, 9.17) is 0 Å². The van der Waals surface area contributed by atoms with Crippen LogP contribution in [0.2, 0.25) is 0 Å². The maximum Gasteiger partial charge on any atom is 0.252 e. The Hall–Kier alpha value is -0.480. The Morgan fingerprint density at radius 2 is 1.53 bits per heavy atom. The standard InChI is InChI=1S/C10H16N2O4S3/c1-9-3-4-10(17-9)19(15,16)12-7-5-11(6-8-12)18(2,13)14/h3-4H,5-8H2,1-2H3. The van der Waals surface area contributed by atoms with Crippen molar-refractivity contribution >= 4 is 31.4 Å². The third kappa shape index (κ3) is 3.16. The maximum absolute atomic E-state index is 12.3. The van der Waals surface area contributed by atoms with E-state index in [2.05, 4.69) is 0 Å². The van der Waals surface area contributed by atoms with Gasteiger partial charge in [0.15, 0.2) is 0 Å². The Bertz CT molecular complexity index is 655. The van der Waals surface area contributed by atoms with E-state index < -0.39 is 20.0 Å². The van der Waals surface area contributed by atoms with Crippen LogP contribution in [-0.4, -0.2) is 57.9 Å². The van der Waals surface area contributed by atoms with E-state index in [1.54, 1.807) is 12.1 Å². The molecule has 0 spiro atoms. The molecule has 0 atom stereocenters. The molecule has 0 aliphatic carbocycles. The Labute approximate surface area is 117 Å². The third-order valence-electron chi connectivity index (χ3n) is 2.98. The van der Waals surface area contributed by atoms with Crippen LogP contribution in [0.25, 0.3) is 0 Å². The van der Waals surface area contributed by atoms with Gasteiger partial charge in [-0.1, -0.05) is 0 Å². The Morgan fingerprint density at radius 1 is 1.00 bits per heavy atom. The van der Waals surface area contributed by atoms with E-state index in [1.807, 2.05) is 6.92 Å². The van der Waals surface area contributed by atoms with Crippen LogP contribution in [0, 0.1) is 6.92 Å². The van der Waals surface area contributed by atoms with Crippen LogP contribution in [0.1, 0.15) is 4.88 Å². The predicted octanol–water partition coefficient (Wildman–Crippen LogP) is 0.322. The van der Waals surface area contributed by atoms with Gasteiger partial charge in [-0.25, -0.2) is 16.8 Å². The molecule has 9 heteroatoms. The lowest BCUT2D eigenvalue weighted by Gasteiger charge is -2.32. The van der Waals surface area contributed by atoms with Gasteiger partial charge in [0.25, 0.3) is 10.0 Å². The summed E-state index contributed by atoms with van der Waals surface area (Å²) in [5.74, 6) is 0. The quantitative estimate of drug-likeness (QED) is 0.803. The number of piperazine rings is 1. The van der Waals surface area contributed by atoms with Gasteiger partial charge in [-0.3, -0.25) is 0 Å². The molecular formula is C10H16N2O4S3. The molecule has 0 unspecified atom stereocenters. The normalized spacial score (nSPS) is 19.7. The average molecular weight is 324 g/mol. The summed E-state index contributed by atoms with van der Waals surface area (Å²) in [5, 5.41) is 0. The van der Waals surface area contributed by atoms with Crippen molar-refractivity contribution in [2.45, 2.75) is 11.1 Å². The average Bonchev–Trinajstić information content (AvgIpc) is 2.76. The molecule has 108 valence electrons. The molecule has 0 aromatic carbocycles. The van der Waals surface area contributed by atoms with Gasteiger partial charge in [0.2, 0.25) is 10.0 Å². The van der Waals surface area contributed by atoms with Crippen LogP contribution in [0.4, 0.5) is 0 Å². The molecule has 2 heterocycles. The number of rotatable bonds is 3. The van der Waals surface area contributed by atoms with E-state index in [9.17, 15) is 16.8 Å². The van der Waals surface area contributed by atoms with Crippen molar-refractivity contribution in [1.29, 1.82) is 0 Å². The van der Waals surface area contributed by atoms with E-state index in [-0.39, 0.29) is 26.2 Å². The summed E-state index contributed by atoms with van der Waals surface area (Å²) in [4.78, 5) is 0.938. The van der Waals surface area contributed by atoms with Crippen molar-refractivity contribution < 1.29 is 16.8 Å². The second-order valence-electron chi connectivity index (χ2n) is 4.43. The van der Waals surface area contributed by atoms with Crippen LogP contribution in [0.15, 0.2) is 16.3 Å². The van der Waals surface area contributed by atoms with Crippen molar-refractivity contribution in [2.75, 3.05) is 32.4 Å². The molecule has 1 aliphatic heterocycles. The SMILES string of the molecule is Cc1ccc(S(=O)(=O)N2CCN(S(C)(=O)=O)CC2)s1. The lowest BCUT2D eigenvalue weighted by Crippen LogP contribution is -2.50. The molecule has 1 saturated heterocycles. The zero-order chi connectivity index (χ0) is 14.3. The van der Waals surface area contributed by atoms with Crippen molar-refractivity contribution in [3.8, 4) is 0 Å². The van der Waals surface area contributed by atoms with Gasteiger partial charge in [0.05, 0.1) is 6.26 Å². The van der Waals surface area contributed by atoms with Gasteiger partial charge in [0.1, 0.15) is 4.21 Å². The summed E-state index contributed by atoms with van der Waals surface area (Å²) < 4.78 is 50.4. The summed E-state index contributed by atoms with van der Waals surface area (Å²) in [6, 6.07) is 3.36. The highest BCUT2D eigenvalue weighted by Crippen LogP contribution is 2.25. The first kappa shape index (κ1) is 14.9. The molecule has 0 N–H and O–H groups in total. The number of thiophene rings is 1. The molecule has 0 saturated carbocycles. The topological polar surface area (TPSA) is 74.8 Å². The number of hydrogen-bond acceptors (Lipinski definition) is 5. The minimum Gasteiger partial charge on any atom is -0.213 e. The van der Waals surface area contributed by atoms with Crippen LogP contribution in [-0.2, 0) is 20.0 Å². The first-order valence-corrected chi connectivity index (χ1v) is 9.83. The molecule has 1 aromatic heterocycles. The van der Waals surface area contributed by atoms with E-state index in [0.717, 1.165) is 11.1 Å². The lowest BCUT2D eigenvalue weighted by atomic mass is 10.4. The Morgan fingerprint density at radius 3 is 1.95 bits per heavy atom. The summed E-state index contributed by atoms with van der Waals surface area (Å²) >= 11 is 1.23. The molecule has 1 aliphatic rings. The van der Waals surface area contributed by atoms with Crippen LogP contribution in [0.3, 0.4) is 0 Å². The molecule has 6 nitrogen and oxygen atoms in total. The fourth-order valence-electron chi connectivity index (χ4n) is 1.92. The predicted molar refractivity (Wildman–Crippen MR) is 74.2 cm³/mol. The first-order chi connectivity index (χ1) is 8.71. The molecule has 0 bridgehead atoms. The second-order valence-corrected chi connectivity index (χ2v) is 9.87. The van der Waals surface area contributed by atoms with Crippen molar-refractivity contribution in [2.24, 2.45) is 0 Å². The highest BCUT2D eigenvalue weighted by Gasteiger charge is 2.31. The zero-order valence-electron chi connectivity index (χ0n) is 10.7. The number of sulfonamides is 2. The number of hydrogen-bond donors (Lipinski definition) is 0. The van der Waals surface area contributed by atoms with Gasteiger partial charge in [-0.2, -0.15) is 8.61 Å². The van der Waals surface area contributed by atoms with Gasteiger partial charge >= 0.3 is 0 Å². The molecule has 19 heavy (non-hydrogen) atoms. The van der Waals surface area contributed by atoms with Gasteiger partial charge in [-0.15, -0.1) is 11.3 Å². The van der Waals surface area contributed by atoms with E-state index in [1.165, 1.54) is 19.9 Å². The fourth-order valence-corrected chi connectivity index (χ4v) is 5.61. The minimum atomic E-state index is -3.48. The van der Waals surface area contributed by atoms with E-state index in [0.29, 0.717) is 4.21 Å². The number of aryl methyl sites for hydroxylation is 1. The second kappa shape index (κ2) is 5.13. The molecule has 2 rings (SSSR count). The van der Waals surface area contributed by atoms with Gasteiger partial charge in [0, 0.05) is 31.1 Å². The maximum atomic E-state index is 12.3. The highest BCUT2D eigenvalue weighted by atomic mass is 32.2. The summed E-state index contributed by atoms with van der Waals surface area (Å²) in [5.41, 5.74) is 0. The van der Waals surface area contributed by atoms with Crippen molar-refractivity contribution in [1.82, 2.24) is 8.61 Å². The Kier molecular flexibility index (Phi) is 4.03.